The van der Waals surface area contributed by atoms with Crippen molar-refractivity contribution >= 4 is 51.7 Å². The van der Waals surface area contributed by atoms with Crippen molar-refractivity contribution in [2.24, 2.45) is 7.05 Å². The number of aromatic nitrogens is 4. The van der Waals surface area contributed by atoms with Crippen molar-refractivity contribution in [3.63, 3.8) is 0 Å². The number of ether oxygens (including phenoxy) is 2. The second kappa shape index (κ2) is 10.1. The molecule has 0 bridgehead atoms. The molecule has 170 valence electrons. The topological polar surface area (TPSA) is 91.2 Å². The van der Waals surface area contributed by atoms with Gasteiger partial charge in [0.15, 0.2) is 16.7 Å². The zero-order valence-corrected chi connectivity index (χ0v) is 19.3. The Labute approximate surface area is 198 Å². The van der Waals surface area contributed by atoms with Crippen LogP contribution >= 0.6 is 23.4 Å². The molecule has 0 spiro atoms. The average molecular weight is 488 g/mol. The van der Waals surface area contributed by atoms with Crippen molar-refractivity contribution in [2.75, 3.05) is 17.7 Å². The van der Waals surface area contributed by atoms with E-state index in [-0.39, 0.29) is 16.5 Å². The Morgan fingerprint density at radius 1 is 1.21 bits per heavy atom. The third-order valence-electron chi connectivity index (χ3n) is 4.50. The van der Waals surface area contributed by atoms with Crippen LogP contribution in [0.3, 0.4) is 0 Å². The molecule has 4 rings (SSSR count). The summed E-state index contributed by atoms with van der Waals surface area (Å²) in [6, 6.07) is 7.57. The van der Waals surface area contributed by atoms with Crippen LogP contribution in [0.1, 0.15) is 6.92 Å². The van der Waals surface area contributed by atoms with Crippen LogP contribution in [0.4, 0.5) is 15.9 Å². The summed E-state index contributed by atoms with van der Waals surface area (Å²) >= 11 is 7.15. The first kappa shape index (κ1) is 22.8. The quantitative estimate of drug-likeness (QED) is 0.211. The highest BCUT2D eigenvalue weighted by Gasteiger charge is 2.16. The molecule has 0 unspecified atom stereocenters. The van der Waals surface area contributed by atoms with Crippen molar-refractivity contribution < 1.29 is 18.7 Å². The lowest BCUT2D eigenvalue weighted by molar-refractivity contribution is -0.131. The maximum atomic E-state index is 13.5. The molecule has 0 aliphatic heterocycles. The zero-order chi connectivity index (χ0) is 23.4. The molecule has 33 heavy (non-hydrogen) atoms. The molecule has 2 heterocycles. The highest BCUT2D eigenvalue weighted by molar-refractivity contribution is 7.99. The number of hydrogen-bond donors (Lipinski definition) is 1. The summed E-state index contributed by atoms with van der Waals surface area (Å²) in [5.74, 6) is 0.151. The summed E-state index contributed by atoms with van der Waals surface area (Å²) in [6.45, 7) is 2.21. The maximum Gasteiger partial charge on any atom is 0.321 e. The van der Waals surface area contributed by atoms with Gasteiger partial charge in [-0.15, -0.1) is 0 Å². The molecule has 8 nitrogen and oxygen atoms in total. The number of rotatable bonds is 8. The molecule has 0 aliphatic carbocycles. The first-order valence-corrected chi connectivity index (χ1v) is 11.3. The second-order valence-corrected chi connectivity index (χ2v) is 8.16. The number of imidazole rings is 1. The summed E-state index contributed by atoms with van der Waals surface area (Å²) in [5.41, 5.74) is 1.12. The Balaban J connectivity index is 1.62. The largest absolute Gasteiger partial charge is 0.490 e. The monoisotopic (exact) mass is 487 g/mol. The van der Waals surface area contributed by atoms with Crippen molar-refractivity contribution in [2.45, 2.75) is 12.1 Å². The van der Waals surface area contributed by atoms with Crippen LogP contribution in [0.5, 0.6) is 11.5 Å². The molecule has 0 saturated carbocycles. The average Bonchev–Trinajstić information content (AvgIpc) is 3.20. The molecule has 0 radical (unpaired) electrons. The molecule has 0 fully saturated rings. The number of carbonyl (C=O) groups excluding carboxylic acids is 1. The molecule has 1 N–H and O–H groups in total. The molecule has 0 atom stereocenters. The Bertz CT molecular complexity index is 1320. The molecule has 4 aromatic rings. The zero-order valence-electron chi connectivity index (χ0n) is 17.7. The van der Waals surface area contributed by atoms with E-state index >= 15 is 0 Å². The molecule has 11 heteroatoms. The Hall–Kier alpha value is -3.37. The minimum atomic E-state index is -0.520. The molecular formula is C22H19ClFN5O3S. The number of esters is 1. The van der Waals surface area contributed by atoms with Crippen molar-refractivity contribution in [1.29, 1.82) is 0 Å². The van der Waals surface area contributed by atoms with Gasteiger partial charge in [0.2, 0.25) is 0 Å². The highest BCUT2D eigenvalue weighted by atomic mass is 35.5. The number of anilines is 2. The lowest BCUT2D eigenvalue weighted by atomic mass is 10.2. The van der Waals surface area contributed by atoms with Gasteiger partial charge < -0.3 is 19.4 Å². The number of benzene rings is 2. The number of fused-ring (bicyclic) bond motifs is 1. The third-order valence-corrected chi connectivity index (χ3v) is 5.82. The normalized spacial score (nSPS) is 10.9. The lowest BCUT2D eigenvalue weighted by Crippen LogP contribution is -2.12. The SMILES string of the molecule is CCOc1cc2ncnc(Nc3ccc(F)c(Cl)c3)c2cc1OC(=O)CSc1nccn1C. The minimum Gasteiger partial charge on any atom is -0.490 e. The predicted molar refractivity (Wildman–Crippen MR) is 125 cm³/mol. The lowest BCUT2D eigenvalue weighted by Gasteiger charge is -2.14. The van der Waals surface area contributed by atoms with Crippen LogP contribution < -0.4 is 14.8 Å². The molecule has 0 aliphatic rings. The van der Waals surface area contributed by atoms with E-state index in [1.165, 1.54) is 30.2 Å². The van der Waals surface area contributed by atoms with E-state index in [0.717, 1.165) is 0 Å². The van der Waals surface area contributed by atoms with Crippen molar-refractivity contribution in [3.8, 4) is 11.5 Å². The predicted octanol–water partition coefficient (Wildman–Crippen LogP) is 5.00. The standard InChI is InChI=1S/C22H19ClFN5O3S/c1-3-31-18-10-17-14(9-19(18)32-20(30)11-33-22-25-6-7-29(22)2)21(27-12-26-17)28-13-4-5-16(24)15(23)8-13/h4-10,12H,3,11H2,1-2H3,(H,26,27,28). The highest BCUT2D eigenvalue weighted by Crippen LogP contribution is 2.35. The molecule has 0 amide bonds. The van der Waals surface area contributed by atoms with Crippen LogP contribution in [-0.4, -0.2) is 37.8 Å². The maximum absolute atomic E-state index is 13.5. The number of thioether (sulfide) groups is 1. The second-order valence-electron chi connectivity index (χ2n) is 6.81. The Kier molecular flexibility index (Phi) is 6.95. The minimum absolute atomic E-state index is 0.0168. The van der Waals surface area contributed by atoms with E-state index in [1.807, 2.05) is 18.5 Å². The first-order chi connectivity index (χ1) is 15.9. The van der Waals surface area contributed by atoms with Crippen LogP contribution in [0.25, 0.3) is 10.9 Å². The fraction of sp³-hybridized carbons (Fsp3) is 0.182. The summed E-state index contributed by atoms with van der Waals surface area (Å²) in [4.78, 5) is 25.3. The number of carbonyl (C=O) groups is 1. The summed E-state index contributed by atoms with van der Waals surface area (Å²) in [5, 5.41) is 4.37. The number of nitrogens with one attached hydrogen (secondary N) is 1. The third kappa shape index (κ3) is 5.35. The van der Waals surface area contributed by atoms with Gasteiger partial charge in [0.1, 0.15) is 18.0 Å². The smallest absolute Gasteiger partial charge is 0.321 e. The van der Waals surface area contributed by atoms with E-state index in [4.69, 9.17) is 21.1 Å². The number of nitrogens with zero attached hydrogens (tertiary/aromatic N) is 4. The number of aryl methyl sites for hydroxylation is 1. The molecule has 2 aromatic carbocycles. The van der Waals surface area contributed by atoms with E-state index in [1.54, 1.807) is 30.6 Å². The van der Waals surface area contributed by atoms with Gasteiger partial charge in [0.05, 0.1) is 22.9 Å². The summed E-state index contributed by atoms with van der Waals surface area (Å²) < 4.78 is 26.6. The van der Waals surface area contributed by atoms with Gasteiger partial charge in [-0.2, -0.15) is 0 Å². The van der Waals surface area contributed by atoms with Gasteiger partial charge in [-0.3, -0.25) is 4.79 Å². The van der Waals surface area contributed by atoms with E-state index in [0.29, 0.717) is 39.9 Å². The Morgan fingerprint density at radius 3 is 2.79 bits per heavy atom. The fourth-order valence-electron chi connectivity index (χ4n) is 2.99. The number of hydrogen-bond acceptors (Lipinski definition) is 8. The van der Waals surface area contributed by atoms with Crippen molar-refractivity contribution in [1.82, 2.24) is 19.5 Å². The van der Waals surface area contributed by atoms with Crippen molar-refractivity contribution in [3.05, 3.63) is 59.9 Å². The van der Waals surface area contributed by atoms with Gasteiger partial charge in [-0.05, 0) is 31.2 Å². The van der Waals surface area contributed by atoms with E-state index < -0.39 is 11.8 Å². The molecule has 2 aromatic heterocycles. The van der Waals surface area contributed by atoms with E-state index in [2.05, 4.69) is 20.3 Å². The van der Waals surface area contributed by atoms with Gasteiger partial charge in [0, 0.05) is 36.6 Å². The van der Waals surface area contributed by atoms with Gasteiger partial charge in [-0.1, -0.05) is 23.4 Å². The first-order valence-electron chi connectivity index (χ1n) is 9.89. The van der Waals surface area contributed by atoms with Gasteiger partial charge in [0.25, 0.3) is 0 Å². The van der Waals surface area contributed by atoms with Crippen LogP contribution in [0.2, 0.25) is 5.02 Å². The molecule has 0 saturated heterocycles. The summed E-state index contributed by atoms with van der Waals surface area (Å²) in [6.07, 6.45) is 4.85. The van der Waals surface area contributed by atoms with Gasteiger partial charge in [-0.25, -0.2) is 19.3 Å². The molecular weight excluding hydrogens is 469 g/mol. The summed E-state index contributed by atoms with van der Waals surface area (Å²) in [7, 11) is 1.85. The Morgan fingerprint density at radius 2 is 2.06 bits per heavy atom. The van der Waals surface area contributed by atoms with Crippen LogP contribution in [0, 0.1) is 5.82 Å². The van der Waals surface area contributed by atoms with E-state index in [9.17, 15) is 9.18 Å². The number of halogens is 2. The van der Waals surface area contributed by atoms with Crippen LogP contribution in [0.15, 0.2) is 54.2 Å². The fourth-order valence-corrected chi connectivity index (χ4v) is 3.88. The van der Waals surface area contributed by atoms with Crippen LogP contribution in [-0.2, 0) is 11.8 Å². The van der Waals surface area contributed by atoms with Gasteiger partial charge >= 0.3 is 5.97 Å².